The first-order chi connectivity index (χ1) is 6.92. The predicted molar refractivity (Wildman–Crippen MR) is 58.5 cm³/mol. The first kappa shape index (κ1) is 9.66. The van der Waals surface area contributed by atoms with Crippen LogP contribution in [0.15, 0.2) is 12.4 Å². The topological polar surface area (TPSA) is 24.9 Å². The van der Waals surface area contributed by atoms with Crippen LogP contribution < -0.4 is 5.32 Å². The molecule has 1 aliphatic rings. The van der Waals surface area contributed by atoms with Crippen LogP contribution in [0.2, 0.25) is 0 Å². The zero-order valence-electron chi connectivity index (χ0n) is 8.84. The lowest BCUT2D eigenvalue weighted by molar-refractivity contribution is 0.669. The number of pyridine rings is 1. The van der Waals surface area contributed by atoms with E-state index in [0.29, 0.717) is 0 Å². The third-order valence-electron chi connectivity index (χ3n) is 3.00. The average molecular weight is 190 g/mol. The quantitative estimate of drug-likeness (QED) is 0.785. The molecule has 0 unspecified atom stereocenters. The molecule has 0 saturated heterocycles. The lowest BCUT2D eigenvalue weighted by Gasteiger charge is -2.18. The summed E-state index contributed by atoms with van der Waals surface area (Å²) in [4.78, 5) is 4.32. The van der Waals surface area contributed by atoms with E-state index < -0.39 is 0 Å². The third kappa shape index (κ3) is 1.95. The summed E-state index contributed by atoms with van der Waals surface area (Å²) in [7, 11) is 2.00. The molecule has 1 aliphatic carbocycles. The maximum absolute atomic E-state index is 4.32. The molecule has 0 atom stereocenters. The molecule has 2 nitrogen and oxygen atoms in total. The minimum absolute atomic E-state index is 1.05. The number of likely N-dealkylation sites (N-methyl/N-ethyl adjacent to an activating group) is 1. The van der Waals surface area contributed by atoms with Crippen molar-refractivity contribution in [2.45, 2.75) is 32.1 Å². The molecule has 2 heteroatoms. The molecule has 0 saturated carbocycles. The number of fused-ring (bicyclic) bond motifs is 1. The minimum atomic E-state index is 1.05. The van der Waals surface area contributed by atoms with Crippen LogP contribution in [0.5, 0.6) is 0 Å². The largest absolute Gasteiger partial charge is 0.319 e. The molecule has 0 aliphatic heterocycles. The van der Waals surface area contributed by atoms with Crippen LogP contribution in [-0.4, -0.2) is 18.6 Å². The summed E-state index contributed by atoms with van der Waals surface area (Å²) in [6.07, 6.45) is 10.4. The molecule has 1 heterocycles. The van der Waals surface area contributed by atoms with Gasteiger partial charge in [-0.25, -0.2) is 0 Å². The summed E-state index contributed by atoms with van der Waals surface area (Å²) < 4.78 is 0. The molecule has 0 radical (unpaired) electrons. The summed E-state index contributed by atoms with van der Waals surface area (Å²) in [6, 6.07) is 0. The van der Waals surface area contributed by atoms with Crippen molar-refractivity contribution < 1.29 is 0 Å². The summed E-state index contributed by atoms with van der Waals surface area (Å²) in [6.45, 7) is 1.05. The molecule has 14 heavy (non-hydrogen) atoms. The standard InChI is InChI=1S/C12H18N2/c1-13-7-6-11-9-14-8-10-4-2-3-5-12(10)11/h8-9,13H,2-7H2,1H3. The number of aryl methyl sites for hydroxylation is 1. The molecule has 1 N–H and O–H groups in total. The Balaban J connectivity index is 2.21. The Morgan fingerprint density at radius 2 is 2.14 bits per heavy atom. The molecule has 0 amide bonds. The maximum Gasteiger partial charge on any atom is 0.0303 e. The summed E-state index contributed by atoms with van der Waals surface area (Å²) in [5.41, 5.74) is 4.53. The second-order valence-electron chi connectivity index (χ2n) is 4.00. The number of aromatic nitrogens is 1. The van der Waals surface area contributed by atoms with Gasteiger partial charge in [-0.05, 0) is 62.4 Å². The molecule has 2 rings (SSSR count). The first-order valence-corrected chi connectivity index (χ1v) is 5.51. The summed E-state index contributed by atoms with van der Waals surface area (Å²) >= 11 is 0. The van der Waals surface area contributed by atoms with Crippen LogP contribution in [0.25, 0.3) is 0 Å². The molecule has 0 aromatic carbocycles. The Bertz CT molecular complexity index is 307. The van der Waals surface area contributed by atoms with Crippen LogP contribution in [-0.2, 0) is 19.3 Å². The highest BCUT2D eigenvalue weighted by molar-refractivity contribution is 5.33. The van der Waals surface area contributed by atoms with Gasteiger partial charge in [-0.15, -0.1) is 0 Å². The van der Waals surface area contributed by atoms with Gasteiger partial charge in [-0.1, -0.05) is 0 Å². The molecule has 0 spiro atoms. The Morgan fingerprint density at radius 3 is 3.00 bits per heavy atom. The third-order valence-corrected chi connectivity index (χ3v) is 3.00. The SMILES string of the molecule is CNCCc1cncc2c1CCCC2. The van der Waals surface area contributed by atoms with Gasteiger partial charge in [0.1, 0.15) is 0 Å². The molecule has 1 aromatic heterocycles. The lowest BCUT2D eigenvalue weighted by atomic mass is 9.89. The fourth-order valence-corrected chi connectivity index (χ4v) is 2.21. The number of nitrogens with one attached hydrogen (secondary N) is 1. The van der Waals surface area contributed by atoms with E-state index in [1.165, 1.54) is 36.8 Å². The van der Waals surface area contributed by atoms with Gasteiger partial charge in [0.2, 0.25) is 0 Å². The van der Waals surface area contributed by atoms with Crippen molar-refractivity contribution in [3.05, 3.63) is 29.1 Å². The molecular weight excluding hydrogens is 172 g/mol. The van der Waals surface area contributed by atoms with E-state index in [0.717, 1.165) is 13.0 Å². The molecule has 0 fully saturated rings. The fourth-order valence-electron chi connectivity index (χ4n) is 2.21. The van der Waals surface area contributed by atoms with Crippen LogP contribution in [0.3, 0.4) is 0 Å². The van der Waals surface area contributed by atoms with Gasteiger partial charge in [-0.3, -0.25) is 4.98 Å². The van der Waals surface area contributed by atoms with Crippen molar-refractivity contribution >= 4 is 0 Å². The Morgan fingerprint density at radius 1 is 1.29 bits per heavy atom. The highest BCUT2D eigenvalue weighted by Crippen LogP contribution is 2.23. The normalized spacial score (nSPS) is 15.2. The van der Waals surface area contributed by atoms with Gasteiger partial charge in [0, 0.05) is 12.4 Å². The van der Waals surface area contributed by atoms with Gasteiger partial charge in [0.15, 0.2) is 0 Å². The number of rotatable bonds is 3. The second kappa shape index (κ2) is 4.56. The number of hydrogen-bond donors (Lipinski definition) is 1. The monoisotopic (exact) mass is 190 g/mol. The lowest BCUT2D eigenvalue weighted by Crippen LogP contribution is -2.14. The van der Waals surface area contributed by atoms with Gasteiger partial charge < -0.3 is 5.32 Å². The van der Waals surface area contributed by atoms with E-state index in [-0.39, 0.29) is 0 Å². The summed E-state index contributed by atoms with van der Waals surface area (Å²) in [5, 5.41) is 3.20. The van der Waals surface area contributed by atoms with Crippen molar-refractivity contribution in [3.8, 4) is 0 Å². The van der Waals surface area contributed by atoms with Crippen LogP contribution in [0.4, 0.5) is 0 Å². The van der Waals surface area contributed by atoms with E-state index in [1.807, 2.05) is 13.2 Å². The average Bonchev–Trinajstić information content (AvgIpc) is 2.26. The first-order valence-electron chi connectivity index (χ1n) is 5.51. The Labute approximate surface area is 85.7 Å². The van der Waals surface area contributed by atoms with E-state index in [4.69, 9.17) is 0 Å². The van der Waals surface area contributed by atoms with Gasteiger partial charge >= 0.3 is 0 Å². The Hall–Kier alpha value is -0.890. The van der Waals surface area contributed by atoms with Crippen LogP contribution in [0.1, 0.15) is 29.5 Å². The fraction of sp³-hybridized carbons (Fsp3) is 0.583. The number of hydrogen-bond acceptors (Lipinski definition) is 2. The maximum atomic E-state index is 4.32. The van der Waals surface area contributed by atoms with Gasteiger partial charge in [0.25, 0.3) is 0 Å². The van der Waals surface area contributed by atoms with Crippen molar-refractivity contribution in [2.24, 2.45) is 0 Å². The molecule has 1 aromatic rings. The van der Waals surface area contributed by atoms with E-state index >= 15 is 0 Å². The Kier molecular flexibility index (Phi) is 3.14. The molecular formula is C12H18N2. The van der Waals surface area contributed by atoms with Crippen LogP contribution >= 0.6 is 0 Å². The highest BCUT2D eigenvalue weighted by Gasteiger charge is 2.12. The molecule has 76 valence electrons. The van der Waals surface area contributed by atoms with Gasteiger partial charge in [-0.2, -0.15) is 0 Å². The van der Waals surface area contributed by atoms with Gasteiger partial charge in [0.05, 0.1) is 0 Å². The van der Waals surface area contributed by atoms with E-state index in [9.17, 15) is 0 Å². The second-order valence-corrected chi connectivity index (χ2v) is 4.00. The highest BCUT2D eigenvalue weighted by atomic mass is 14.8. The van der Waals surface area contributed by atoms with E-state index in [1.54, 1.807) is 5.56 Å². The minimum Gasteiger partial charge on any atom is -0.319 e. The van der Waals surface area contributed by atoms with Crippen molar-refractivity contribution in [2.75, 3.05) is 13.6 Å². The number of nitrogens with zero attached hydrogens (tertiary/aromatic N) is 1. The zero-order valence-corrected chi connectivity index (χ0v) is 8.84. The van der Waals surface area contributed by atoms with Crippen LogP contribution in [0, 0.1) is 0 Å². The van der Waals surface area contributed by atoms with Crippen molar-refractivity contribution in [1.29, 1.82) is 0 Å². The summed E-state index contributed by atoms with van der Waals surface area (Å²) in [5.74, 6) is 0. The van der Waals surface area contributed by atoms with E-state index in [2.05, 4.69) is 16.5 Å². The smallest absolute Gasteiger partial charge is 0.0303 e. The zero-order chi connectivity index (χ0) is 9.80. The van der Waals surface area contributed by atoms with Crippen molar-refractivity contribution in [1.82, 2.24) is 10.3 Å². The van der Waals surface area contributed by atoms with Crippen molar-refractivity contribution in [3.63, 3.8) is 0 Å². The predicted octanol–water partition coefficient (Wildman–Crippen LogP) is 1.72. The molecule has 0 bridgehead atoms.